The Bertz CT molecular complexity index is 384. The second kappa shape index (κ2) is 5.82. The zero-order valence-corrected chi connectivity index (χ0v) is 10.7. The Balaban J connectivity index is 2.00. The minimum Gasteiger partial charge on any atom is -0.353 e. The molecule has 1 fully saturated rings. The molecule has 0 radical (unpaired) electrons. The van der Waals surface area contributed by atoms with Crippen LogP contribution in [0.25, 0.3) is 0 Å². The van der Waals surface area contributed by atoms with Crippen molar-refractivity contribution in [3.05, 3.63) is 23.9 Å². The Morgan fingerprint density at radius 1 is 1.39 bits per heavy atom. The molecule has 5 heteroatoms. The second-order valence-electron chi connectivity index (χ2n) is 4.59. The van der Waals surface area contributed by atoms with Crippen LogP contribution in [0, 0.1) is 0 Å². The first-order chi connectivity index (χ1) is 8.74. The third-order valence-electron chi connectivity index (χ3n) is 3.43. The van der Waals surface area contributed by atoms with Gasteiger partial charge in [-0.15, -0.1) is 0 Å². The van der Waals surface area contributed by atoms with E-state index in [0.29, 0.717) is 0 Å². The van der Waals surface area contributed by atoms with Crippen LogP contribution in [-0.4, -0.2) is 42.5 Å². The number of pyridine rings is 1. The third-order valence-corrected chi connectivity index (χ3v) is 3.43. The van der Waals surface area contributed by atoms with Crippen molar-refractivity contribution in [3.63, 3.8) is 0 Å². The Morgan fingerprint density at radius 2 is 2.11 bits per heavy atom. The molecule has 1 unspecified atom stereocenters. The molecule has 0 aromatic carbocycles. The molecule has 1 aliphatic rings. The fourth-order valence-corrected chi connectivity index (χ4v) is 2.10. The maximum atomic E-state index is 10.6. The van der Waals surface area contributed by atoms with Gasteiger partial charge in [-0.05, 0) is 18.1 Å². The average Bonchev–Trinajstić information content (AvgIpc) is 2.47. The predicted octanol–water partition coefficient (Wildman–Crippen LogP) is 0.770. The van der Waals surface area contributed by atoms with E-state index in [0.717, 1.165) is 50.4 Å². The number of hydrogen-bond donors (Lipinski definition) is 1. The summed E-state index contributed by atoms with van der Waals surface area (Å²) in [6.07, 6.45) is 3.68. The number of hydrogen-bond acceptors (Lipinski definition) is 4. The minimum absolute atomic E-state index is 0.0680. The topological polar surface area (TPSA) is 62.5 Å². The first kappa shape index (κ1) is 12.8. The number of carbonyl (C=O) groups is 1. The van der Waals surface area contributed by atoms with Gasteiger partial charge in [0.1, 0.15) is 5.82 Å². The summed E-state index contributed by atoms with van der Waals surface area (Å²) >= 11 is 0. The summed E-state index contributed by atoms with van der Waals surface area (Å²) in [5.41, 5.74) is 7.04. The van der Waals surface area contributed by atoms with Gasteiger partial charge < -0.3 is 15.5 Å². The lowest BCUT2D eigenvalue weighted by Gasteiger charge is -2.33. The van der Waals surface area contributed by atoms with Gasteiger partial charge in [-0.3, -0.25) is 4.79 Å². The maximum absolute atomic E-state index is 10.6. The van der Waals surface area contributed by atoms with E-state index in [-0.39, 0.29) is 6.04 Å². The van der Waals surface area contributed by atoms with Crippen molar-refractivity contribution in [1.82, 2.24) is 9.88 Å². The van der Waals surface area contributed by atoms with Crippen molar-refractivity contribution in [2.45, 2.75) is 19.4 Å². The second-order valence-corrected chi connectivity index (χ2v) is 4.59. The van der Waals surface area contributed by atoms with E-state index in [1.807, 2.05) is 18.3 Å². The molecule has 0 aliphatic carbocycles. The fraction of sp³-hybridized carbons (Fsp3) is 0.538. The van der Waals surface area contributed by atoms with Crippen molar-refractivity contribution in [3.8, 4) is 0 Å². The smallest absolute Gasteiger partial charge is 0.209 e. The SMILES string of the molecule is CCC(N)c1ccc(N2CCN(C=O)CC2)nc1. The molecule has 18 heavy (non-hydrogen) atoms. The van der Waals surface area contributed by atoms with Gasteiger partial charge in [0.2, 0.25) is 6.41 Å². The average molecular weight is 248 g/mol. The fourth-order valence-electron chi connectivity index (χ4n) is 2.10. The van der Waals surface area contributed by atoms with Crippen molar-refractivity contribution in [2.24, 2.45) is 5.73 Å². The van der Waals surface area contributed by atoms with Gasteiger partial charge >= 0.3 is 0 Å². The van der Waals surface area contributed by atoms with Crippen LogP contribution in [0.4, 0.5) is 5.82 Å². The van der Waals surface area contributed by atoms with E-state index in [1.165, 1.54) is 0 Å². The number of nitrogens with two attached hydrogens (primary N) is 1. The molecule has 2 N–H and O–H groups in total. The summed E-state index contributed by atoms with van der Waals surface area (Å²) in [4.78, 5) is 19.1. The van der Waals surface area contributed by atoms with Crippen LogP contribution in [0.1, 0.15) is 24.9 Å². The zero-order valence-electron chi connectivity index (χ0n) is 10.7. The molecule has 2 rings (SSSR count). The lowest BCUT2D eigenvalue weighted by molar-refractivity contribution is -0.118. The third kappa shape index (κ3) is 2.79. The molecule has 1 aromatic rings. The Morgan fingerprint density at radius 3 is 2.61 bits per heavy atom. The molecule has 0 bridgehead atoms. The molecule has 2 heterocycles. The minimum atomic E-state index is 0.0680. The van der Waals surface area contributed by atoms with Gasteiger partial charge in [0, 0.05) is 38.4 Å². The first-order valence-corrected chi connectivity index (χ1v) is 6.40. The molecule has 0 spiro atoms. The number of anilines is 1. The number of piperazine rings is 1. The van der Waals surface area contributed by atoms with Crippen LogP contribution in [-0.2, 0) is 4.79 Å². The summed E-state index contributed by atoms with van der Waals surface area (Å²) in [5.74, 6) is 0.965. The standard InChI is InChI=1S/C13H20N4O/c1-2-12(14)11-3-4-13(15-9-11)17-7-5-16(10-18)6-8-17/h3-4,9-10,12H,2,5-8,14H2,1H3. The molecule has 0 saturated carbocycles. The van der Waals surface area contributed by atoms with E-state index in [2.05, 4.69) is 16.8 Å². The molecule has 1 atom stereocenters. The highest BCUT2D eigenvalue weighted by Gasteiger charge is 2.16. The Labute approximate surface area is 108 Å². The lowest BCUT2D eigenvalue weighted by Crippen LogP contribution is -2.46. The predicted molar refractivity (Wildman–Crippen MR) is 71.3 cm³/mol. The normalized spacial score (nSPS) is 17.7. The van der Waals surface area contributed by atoms with Crippen molar-refractivity contribution >= 4 is 12.2 Å². The highest BCUT2D eigenvalue weighted by molar-refractivity contribution is 5.49. The largest absolute Gasteiger partial charge is 0.353 e. The van der Waals surface area contributed by atoms with Gasteiger partial charge in [-0.1, -0.05) is 13.0 Å². The summed E-state index contributed by atoms with van der Waals surface area (Å²) in [6, 6.07) is 4.13. The monoisotopic (exact) mass is 248 g/mol. The highest BCUT2D eigenvalue weighted by atomic mass is 16.1. The van der Waals surface area contributed by atoms with E-state index in [4.69, 9.17) is 5.73 Å². The molecule has 1 amide bonds. The molecule has 98 valence electrons. The van der Waals surface area contributed by atoms with Crippen LogP contribution in [0.5, 0.6) is 0 Å². The van der Waals surface area contributed by atoms with Gasteiger partial charge in [-0.2, -0.15) is 0 Å². The first-order valence-electron chi connectivity index (χ1n) is 6.40. The van der Waals surface area contributed by atoms with E-state index >= 15 is 0 Å². The van der Waals surface area contributed by atoms with E-state index in [1.54, 1.807) is 4.90 Å². The van der Waals surface area contributed by atoms with Crippen LogP contribution in [0.3, 0.4) is 0 Å². The Hall–Kier alpha value is -1.62. The molecular formula is C13H20N4O. The highest BCUT2D eigenvalue weighted by Crippen LogP contribution is 2.17. The van der Waals surface area contributed by atoms with E-state index < -0.39 is 0 Å². The quantitative estimate of drug-likeness (QED) is 0.799. The number of carbonyl (C=O) groups excluding carboxylic acids is 1. The van der Waals surface area contributed by atoms with E-state index in [9.17, 15) is 4.79 Å². The van der Waals surface area contributed by atoms with Crippen molar-refractivity contribution < 1.29 is 4.79 Å². The summed E-state index contributed by atoms with van der Waals surface area (Å²) in [6.45, 7) is 5.27. The van der Waals surface area contributed by atoms with Crippen molar-refractivity contribution in [2.75, 3.05) is 31.1 Å². The lowest BCUT2D eigenvalue weighted by atomic mass is 10.1. The van der Waals surface area contributed by atoms with Gasteiger partial charge in [0.05, 0.1) is 0 Å². The zero-order chi connectivity index (χ0) is 13.0. The van der Waals surface area contributed by atoms with Crippen LogP contribution in [0.2, 0.25) is 0 Å². The van der Waals surface area contributed by atoms with Crippen LogP contribution >= 0.6 is 0 Å². The molecular weight excluding hydrogens is 228 g/mol. The number of amides is 1. The Kier molecular flexibility index (Phi) is 4.15. The maximum Gasteiger partial charge on any atom is 0.209 e. The molecule has 1 saturated heterocycles. The van der Waals surface area contributed by atoms with Crippen LogP contribution in [0.15, 0.2) is 18.3 Å². The number of aromatic nitrogens is 1. The van der Waals surface area contributed by atoms with Gasteiger partial charge in [0.25, 0.3) is 0 Å². The van der Waals surface area contributed by atoms with Gasteiger partial charge in [-0.25, -0.2) is 4.98 Å². The summed E-state index contributed by atoms with van der Waals surface area (Å²) in [5, 5.41) is 0. The number of nitrogens with zero attached hydrogens (tertiary/aromatic N) is 3. The summed E-state index contributed by atoms with van der Waals surface area (Å²) in [7, 11) is 0. The number of rotatable bonds is 4. The summed E-state index contributed by atoms with van der Waals surface area (Å²) < 4.78 is 0. The van der Waals surface area contributed by atoms with Crippen molar-refractivity contribution in [1.29, 1.82) is 0 Å². The molecule has 1 aliphatic heterocycles. The van der Waals surface area contributed by atoms with Gasteiger partial charge in [0.15, 0.2) is 0 Å². The van der Waals surface area contributed by atoms with Crippen LogP contribution < -0.4 is 10.6 Å². The molecule has 1 aromatic heterocycles. The molecule has 5 nitrogen and oxygen atoms in total.